The average molecular weight is 277 g/mol. The van der Waals surface area contributed by atoms with E-state index in [4.69, 9.17) is 16.3 Å². The van der Waals surface area contributed by atoms with Crippen LogP contribution in [-0.4, -0.2) is 11.7 Å². The van der Waals surface area contributed by atoms with Crippen LogP contribution in [0.3, 0.4) is 0 Å². The monoisotopic (exact) mass is 276 g/mol. The van der Waals surface area contributed by atoms with E-state index in [1.807, 2.05) is 24.3 Å². The normalized spacial score (nSPS) is 12.2. The van der Waals surface area contributed by atoms with Crippen LogP contribution in [0.25, 0.3) is 0 Å². The van der Waals surface area contributed by atoms with Gasteiger partial charge in [0.2, 0.25) is 0 Å². The van der Waals surface area contributed by atoms with Crippen molar-refractivity contribution in [3.05, 3.63) is 64.7 Å². The van der Waals surface area contributed by atoms with Crippen LogP contribution in [0.5, 0.6) is 5.75 Å². The molecule has 3 heteroatoms. The van der Waals surface area contributed by atoms with Crippen LogP contribution in [0, 0.1) is 0 Å². The first-order valence-corrected chi connectivity index (χ1v) is 6.72. The Morgan fingerprint density at radius 2 is 1.68 bits per heavy atom. The first kappa shape index (κ1) is 13.9. The number of halogens is 1. The molecule has 2 aromatic carbocycles. The van der Waals surface area contributed by atoms with E-state index in [2.05, 4.69) is 6.92 Å². The maximum absolute atomic E-state index is 10.0. The van der Waals surface area contributed by atoms with E-state index in [1.54, 1.807) is 24.3 Å². The van der Waals surface area contributed by atoms with Crippen LogP contribution < -0.4 is 4.74 Å². The molecule has 0 aromatic heterocycles. The summed E-state index contributed by atoms with van der Waals surface area (Å²) in [5.74, 6) is 0.702. The molecule has 19 heavy (non-hydrogen) atoms. The minimum Gasteiger partial charge on any atom is -0.491 e. The highest BCUT2D eigenvalue weighted by Crippen LogP contribution is 2.19. The zero-order chi connectivity index (χ0) is 13.7. The number of aliphatic hydroxyl groups excluding tert-OH is 1. The first-order chi connectivity index (χ1) is 9.19. The van der Waals surface area contributed by atoms with Gasteiger partial charge in [0, 0.05) is 5.02 Å². The van der Waals surface area contributed by atoms with Crippen molar-refractivity contribution < 1.29 is 9.84 Å². The van der Waals surface area contributed by atoms with Crippen molar-refractivity contribution in [3.63, 3.8) is 0 Å². The van der Waals surface area contributed by atoms with Crippen LogP contribution >= 0.6 is 11.6 Å². The highest BCUT2D eigenvalue weighted by molar-refractivity contribution is 6.30. The zero-order valence-corrected chi connectivity index (χ0v) is 11.6. The predicted molar refractivity (Wildman–Crippen MR) is 77.7 cm³/mol. The maximum Gasteiger partial charge on any atom is 0.119 e. The summed E-state index contributed by atoms with van der Waals surface area (Å²) in [4.78, 5) is 0. The smallest absolute Gasteiger partial charge is 0.119 e. The van der Waals surface area contributed by atoms with Crippen molar-refractivity contribution in [2.24, 2.45) is 0 Å². The fourth-order valence-electron chi connectivity index (χ4n) is 1.78. The van der Waals surface area contributed by atoms with Crippen molar-refractivity contribution in [3.8, 4) is 5.75 Å². The number of hydrogen-bond donors (Lipinski definition) is 1. The van der Waals surface area contributed by atoms with E-state index < -0.39 is 6.10 Å². The molecule has 0 aliphatic heterocycles. The van der Waals surface area contributed by atoms with E-state index in [0.717, 1.165) is 12.0 Å². The molecule has 0 amide bonds. The van der Waals surface area contributed by atoms with Gasteiger partial charge in [0.15, 0.2) is 0 Å². The second kappa shape index (κ2) is 6.60. The van der Waals surface area contributed by atoms with E-state index in [9.17, 15) is 5.11 Å². The topological polar surface area (TPSA) is 29.5 Å². The van der Waals surface area contributed by atoms with Crippen molar-refractivity contribution in [1.29, 1.82) is 0 Å². The van der Waals surface area contributed by atoms with Crippen LogP contribution in [0.2, 0.25) is 5.02 Å². The Morgan fingerprint density at radius 3 is 2.26 bits per heavy atom. The van der Waals surface area contributed by atoms with E-state index in [-0.39, 0.29) is 6.61 Å². The van der Waals surface area contributed by atoms with Crippen molar-refractivity contribution in [2.45, 2.75) is 19.4 Å². The molecule has 0 saturated heterocycles. The molecule has 2 rings (SSSR count). The summed E-state index contributed by atoms with van der Waals surface area (Å²) in [6, 6.07) is 15.0. The molecule has 1 unspecified atom stereocenters. The van der Waals surface area contributed by atoms with Crippen LogP contribution in [0.1, 0.15) is 24.2 Å². The second-order valence-corrected chi connectivity index (χ2v) is 4.81. The van der Waals surface area contributed by atoms with Gasteiger partial charge in [-0.1, -0.05) is 42.8 Å². The Hall–Kier alpha value is -1.51. The highest BCUT2D eigenvalue weighted by Gasteiger charge is 2.08. The van der Waals surface area contributed by atoms with Crippen LogP contribution in [-0.2, 0) is 6.42 Å². The Morgan fingerprint density at radius 1 is 1.05 bits per heavy atom. The molecule has 1 N–H and O–H groups in total. The minimum absolute atomic E-state index is 0.229. The molecule has 0 aliphatic rings. The third kappa shape index (κ3) is 3.98. The number of aryl methyl sites for hydroxylation is 1. The Bertz CT molecular complexity index is 505. The molecule has 100 valence electrons. The van der Waals surface area contributed by atoms with Crippen LogP contribution in [0.15, 0.2) is 48.5 Å². The molecular weight excluding hydrogens is 260 g/mol. The SMILES string of the molecule is CCc1ccc(C(O)COc2ccc(Cl)cc2)cc1. The molecular formula is C16H17ClO2. The summed E-state index contributed by atoms with van der Waals surface area (Å²) in [5.41, 5.74) is 2.13. The fraction of sp³-hybridized carbons (Fsp3) is 0.250. The molecule has 2 aromatic rings. The molecule has 0 aliphatic carbocycles. The highest BCUT2D eigenvalue weighted by atomic mass is 35.5. The molecule has 0 saturated carbocycles. The zero-order valence-electron chi connectivity index (χ0n) is 10.8. The standard InChI is InChI=1S/C16H17ClO2/c1-2-12-3-5-13(6-4-12)16(18)11-19-15-9-7-14(17)8-10-15/h3-10,16,18H,2,11H2,1H3. The quantitative estimate of drug-likeness (QED) is 0.894. The summed E-state index contributed by atoms with van der Waals surface area (Å²) < 4.78 is 5.53. The first-order valence-electron chi connectivity index (χ1n) is 6.34. The number of rotatable bonds is 5. The minimum atomic E-state index is -0.624. The van der Waals surface area contributed by atoms with Gasteiger partial charge in [0.05, 0.1) is 0 Å². The van der Waals surface area contributed by atoms with E-state index in [1.165, 1.54) is 5.56 Å². The fourth-order valence-corrected chi connectivity index (χ4v) is 1.90. The molecule has 0 spiro atoms. The summed E-state index contributed by atoms with van der Waals surface area (Å²) in [6.45, 7) is 2.34. The lowest BCUT2D eigenvalue weighted by Crippen LogP contribution is -2.09. The Kier molecular flexibility index (Phi) is 4.83. The van der Waals surface area contributed by atoms with Crippen LogP contribution in [0.4, 0.5) is 0 Å². The predicted octanol–water partition coefficient (Wildman–Crippen LogP) is 4.01. The lowest BCUT2D eigenvalue weighted by atomic mass is 10.1. The van der Waals surface area contributed by atoms with Crippen molar-refractivity contribution in [1.82, 2.24) is 0 Å². The Balaban J connectivity index is 1.93. The molecule has 0 radical (unpaired) electrons. The average Bonchev–Trinajstić information content (AvgIpc) is 2.46. The van der Waals surface area contributed by atoms with Gasteiger partial charge in [-0.05, 0) is 41.8 Å². The largest absolute Gasteiger partial charge is 0.491 e. The number of ether oxygens (including phenoxy) is 1. The molecule has 0 bridgehead atoms. The molecule has 0 heterocycles. The van der Waals surface area contributed by atoms with Gasteiger partial charge in [-0.2, -0.15) is 0 Å². The van der Waals surface area contributed by atoms with Crippen molar-refractivity contribution in [2.75, 3.05) is 6.61 Å². The van der Waals surface area contributed by atoms with Gasteiger partial charge in [-0.25, -0.2) is 0 Å². The summed E-state index contributed by atoms with van der Waals surface area (Å²) in [5, 5.41) is 10.7. The van der Waals surface area contributed by atoms with Gasteiger partial charge in [-0.3, -0.25) is 0 Å². The third-order valence-corrected chi connectivity index (χ3v) is 3.25. The lowest BCUT2D eigenvalue weighted by Gasteiger charge is -2.13. The molecule has 0 fully saturated rings. The number of hydrogen-bond acceptors (Lipinski definition) is 2. The summed E-state index contributed by atoms with van der Waals surface area (Å²) in [7, 11) is 0. The lowest BCUT2D eigenvalue weighted by molar-refractivity contribution is 0.108. The Labute approximate surface area is 118 Å². The molecule has 2 nitrogen and oxygen atoms in total. The van der Waals surface area contributed by atoms with Gasteiger partial charge in [-0.15, -0.1) is 0 Å². The van der Waals surface area contributed by atoms with E-state index in [0.29, 0.717) is 10.8 Å². The summed E-state index contributed by atoms with van der Waals surface area (Å²) >= 11 is 5.79. The van der Waals surface area contributed by atoms with Gasteiger partial charge in [0.25, 0.3) is 0 Å². The molecule has 1 atom stereocenters. The van der Waals surface area contributed by atoms with Crippen molar-refractivity contribution >= 4 is 11.6 Å². The van der Waals surface area contributed by atoms with E-state index >= 15 is 0 Å². The van der Waals surface area contributed by atoms with Gasteiger partial charge in [0.1, 0.15) is 18.5 Å². The van der Waals surface area contributed by atoms with Gasteiger partial charge < -0.3 is 9.84 Å². The second-order valence-electron chi connectivity index (χ2n) is 4.38. The maximum atomic E-state index is 10.0. The summed E-state index contributed by atoms with van der Waals surface area (Å²) in [6.07, 6.45) is 0.374. The van der Waals surface area contributed by atoms with Gasteiger partial charge >= 0.3 is 0 Å². The number of aliphatic hydroxyl groups is 1. The third-order valence-electron chi connectivity index (χ3n) is 2.99. The number of benzene rings is 2.